The quantitative estimate of drug-likeness (QED) is 0.344. The molecule has 0 aliphatic heterocycles. The summed E-state index contributed by atoms with van der Waals surface area (Å²) in [4.78, 5) is 17.1. The maximum atomic E-state index is 15.0. The molecule has 1 atom stereocenters. The van der Waals surface area contributed by atoms with Gasteiger partial charge in [0.15, 0.2) is 11.6 Å². The largest absolute Gasteiger partial charge is 0.454 e. The molecule has 6 heteroatoms. The number of hydrogen-bond acceptors (Lipinski definition) is 4. The number of aromatic nitrogens is 2. The van der Waals surface area contributed by atoms with E-state index in [0.29, 0.717) is 22.6 Å². The van der Waals surface area contributed by atoms with Crippen LogP contribution in [0.1, 0.15) is 28.4 Å². The lowest BCUT2D eigenvalue weighted by atomic mass is 10.0. The Balaban J connectivity index is 1.44. The fraction of sp³-hybridized carbons (Fsp3) is 0.103. The maximum absolute atomic E-state index is 15.0. The first kappa shape index (κ1) is 22.5. The molecule has 5 nitrogen and oxygen atoms in total. The Bertz CT molecular complexity index is 1600. The molecular weight excluding hydrogens is 443 g/mol. The van der Waals surface area contributed by atoms with Crippen molar-refractivity contribution in [3.8, 4) is 17.2 Å². The zero-order valence-electron chi connectivity index (χ0n) is 19.3. The highest BCUT2D eigenvalue weighted by Crippen LogP contribution is 2.32. The molecule has 0 saturated heterocycles. The highest BCUT2D eigenvalue weighted by molar-refractivity contribution is 5.86. The molecule has 0 radical (unpaired) electrons. The van der Waals surface area contributed by atoms with Crippen molar-refractivity contribution in [1.82, 2.24) is 9.55 Å². The Morgan fingerprint density at radius 3 is 2.40 bits per heavy atom. The topological polar surface area (TPSA) is 64.3 Å². The minimum atomic E-state index is -0.923. The van der Waals surface area contributed by atoms with Crippen molar-refractivity contribution in [2.24, 2.45) is 0 Å². The Morgan fingerprint density at radius 1 is 0.886 bits per heavy atom. The minimum absolute atomic E-state index is 0.0450. The van der Waals surface area contributed by atoms with Crippen LogP contribution in [-0.2, 0) is 0 Å². The molecule has 0 bridgehead atoms. The summed E-state index contributed by atoms with van der Waals surface area (Å²) < 4.78 is 22.3. The highest BCUT2D eigenvalue weighted by Gasteiger charge is 2.14. The van der Waals surface area contributed by atoms with Crippen molar-refractivity contribution >= 4 is 10.9 Å². The summed E-state index contributed by atoms with van der Waals surface area (Å²) in [6.07, 6.45) is 2.23. The van der Waals surface area contributed by atoms with E-state index in [2.05, 4.69) is 4.98 Å². The molecular formula is C29H23FN2O3. The lowest BCUT2D eigenvalue weighted by Crippen LogP contribution is -2.18. The second kappa shape index (κ2) is 9.16. The number of aryl methyl sites for hydroxylation is 2. The molecule has 0 amide bonds. The summed E-state index contributed by atoms with van der Waals surface area (Å²) in [6.45, 7) is 4.02. The van der Waals surface area contributed by atoms with Crippen LogP contribution in [0, 0.1) is 19.7 Å². The Kier molecular flexibility index (Phi) is 5.89. The third-order valence-corrected chi connectivity index (χ3v) is 6.11. The van der Waals surface area contributed by atoms with Gasteiger partial charge >= 0.3 is 0 Å². The standard InChI is InChI=1S/C29H23FN2O3/c1-18-14-23-25(15-19(18)2)31-12-10-26(23)35-27-9-8-22(17-24(27)30)32-13-11-21(16-28(32)33)29(34)20-6-4-3-5-7-20/h3-17,29,34H,1-2H3. The summed E-state index contributed by atoms with van der Waals surface area (Å²) in [5, 5.41) is 11.4. The molecule has 0 saturated carbocycles. The third kappa shape index (κ3) is 4.44. The monoisotopic (exact) mass is 466 g/mol. The molecule has 2 aromatic heterocycles. The zero-order valence-corrected chi connectivity index (χ0v) is 19.3. The first-order valence-corrected chi connectivity index (χ1v) is 11.2. The van der Waals surface area contributed by atoms with E-state index in [9.17, 15) is 9.90 Å². The molecule has 5 aromatic rings. The predicted molar refractivity (Wildman–Crippen MR) is 134 cm³/mol. The molecule has 0 fully saturated rings. The van der Waals surface area contributed by atoms with Gasteiger partial charge in [-0.1, -0.05) is 30.3 Å². The van der Waals surface area contributed by atoms with E-state index < -0.39 is 11.9 Å². The van der Waals surface area contributed by atoms with Crippen LogP contribution in [-0.4, -0.2) is 14.7 Å². The van der Waals surface area contributed by atoms with Crippen molar-refractivity contribution in [1.29, 1.82) is 0 Å². The smallest absolute Gasteiger partial charge is 0.255 e. The van der Waals surface area contributed by atoms with Crippen LogP contribution in [0.3, 0.4) is 0 Å². The van der Waals surface area contributed by atoms with Crippen LogP contribution >= 0.6 is 0 Å². The number of halogens is 1. The summed E-state index contributed by atoms with van der Waals surface area (Å²) in [7, 11) is 0. The van der Waals surface area contributed by atoms with E-state index in [1.165, 1.54) is 29.0 Å². The van der Waals surface area contributed by atoms with Gasteiger partial charge < -0.3 is 9.84 Å². The van der Waals surface area contributed by atoms with Gasteiger partial charge in [-0.25, -0.2) is 4.39 Å². The van der Waals surface area contributed by atoms with Gasteiger partial charge in [-0.05, 0) is 72.5 Å². The number of aliphatic hydroxyl groups excluding tert-OH is 1. The Hall–Kier alpha value is -4.29. The normalized spacial score (nSPS) is 12.0. The van der Waals surface area contributed by atoms with E-state index in [1.54, 1.807) is 36.5 Å². The number of rotatable bonds is 5. The fourth-order valence-corrected chi connectivity index (χ4v) is 4.02. The summed E-state index contributed by atoms with van der Waals surface area (Å²) in [6, 6.07) is 22.1. The van der Waals surface area contributed by atoms with Gasteiger partial charge in [-0.15, -0.1) is 0 Å². The van der Waals surface area contributed by atoms with Gasteiger partial charge in [0.2, 0.25) is 0 Å². The molecule has 0 spiro atoms. The first-order valence-electron chi connectivity index (χ1n) is 11.2. The molecule has 5 rings (SSSR count). The predicted octanol–water partition coefficient (Wildman–Crippen LogP) is 6.02. The van der Waals surface area contributed by atoms with E-state index in [-0.39, 0.29) is 11.3 Å². The number of hydrogen-bond donors (Lipinski definition) is 1. The van der Waals surface area contributed by atoms with Crippen LogP contribution in [0.15, 0.2) is 96.1 Å². The van der Waals surface area contributed by atoms with Crippen molar-refractivity contribution in [2.75, 3.05) is 0 Å². The van der Waals surface area contributed by atoms with Crippen LogP contribution in [0.4, 0.5) is 4.39 Å². The summed E-state index contributed by atoms with van der Waals surface area (Å²) >= 11 is 0. The average Bonchev–Trinajstić information content (AvgIpc) is 2.86. The van der Waals surface area contributed by atoms with Gasteiger partial charge in [0.25, 0.3) is 5.56 Å². The van der Waals surface area contributed by atoms with E-state index in [4.69, 9.17) is 4.74 Å². The molecule has 0 aliphatic carbocycles. The van der Waals surface area contributed by atoms with E-state index in [0.717, 1.165) is 22.0 Å². The first-order chi connectivity index (χ1) is 16.9. The SMILES string of the molecule is Cc1cc2nccc(Oc3ccc(-n4ccc(C(O)c5ccccc5)cc4=O)cc3F)c2cc1C. The zero-order chi connectivity index (χ0) is 24.5. The molecule has 174 valence electrons. The molecule has 1 unspecified atom stereocenters. The average molecular weight is 467 g/mol. The number of nitrogens with zero attached hydrogens (tertiary/aromatic N) is 2. The highest BCUT2D eigenvalue weighted by atomic mass is 19.1. The van der Waals surface area contributed by atoms with E-state index >= 15 is 4.39 Å². The molecule has 0 aliphatic rings. The second-order valence-corrected chi connectivity index (χ2v) is 8.46. The van der Waals surface area contributed by atoms with Crippen LogP contribution in [0.25, 0.3) is 16.6 Å². The molecule has 1 N–H and O–H groups in total. The van der Waals surface area contributed by atoms with Crippen LogP contribution < -0.4 is 10.3 Å². The molecule has 35 heavy (non-hydrogen) atoms. The summed E-state index contributed by atoms with van der Waals surface area (Å²) in [5.74, 6) is -0.0543. The molecule has 3 aromatic carbocycles. The third-order valence-electron chi connectivity index (χ3n) is 6.11. The second-order valence-electron chi connectivity index (χ2n) is 8.46. The molecule has 2 heterocycles. The number of benzene rings is 3. The van der Waals surface area contributed by atoms with Crippen molar-refractivity contribution < 1.29 is 14.2 Å². The maximum Gasteiger partial charge on any atom is 0.255 e. The number of pyridine rings is 2. The van der Waals surface area contributed by atoms with Gasteiger partial charge in [-0.2, -0.15) is 0 Å². The Labute approximate surface area is 201 Å². The van der Waals surface area contributed by atoms with Gasteiger partial charge in [0.05, 0.1) is 11.2 Å². The number of fused-ring (bicyclic) bond motifs is 1. The number of ether oxygens (including phenoxy) is 1. The summed E-state index contributed by atoms with van der Waals surface area (Å²) in [5.41, 5.74) is 4.10. The van der Waals surface area contributed by atoms with Crippen LogP contribution in [0.5, 0.6) is 11.5 Å². The number of aliphatic hydroxyl groups is 1. The van der Waals surface area contributed by atoms with Gasteiger partial charge in [0, 0.05) is 29.9 Å². The van der Waals surface area contributed by atoms with Gasteiger partial charge in [-0.3, -0.25) is 14.3 Å². The van der Waals surface area contributed by atoms with Gasteiger partial charge in [0.1, 0.15) is 11.9 Å². The van der Waals surface area contributed by atoms with Crippen LogP contribution in [0.2, 0.25) is 0 Å². The minimum Gasteiger partial charge on any atom is -0.454 e. The lowest BCUT2D eigenvalue weighted by molar-refractivity contribution is 0.220. The van der Waals surface area contributed by atoms with Crippen molar-refractivity contribution in [3.63, 3.8) is 0 Å². The lowest BCUT2D eigenvalue weighted by Gasteiger charge is -2.14. The van der Waals surface area contributed by atoms with Crippen molar-refractivity contribution in [3.05, 3.63) is 130 Å². The Morgan fingerprint density at radius 2 is 1.66 bits per heavy atom. The fourth-order valence-electron chi connectivity index (χ4n) is 4.02. The van der Waals surface area contributed by atoms with E-state index in [1.807, 2.05) is 44.2 Å². The van der Waals surface area contributed by atoms with Crippen molar-refractivity contribution in [2.45, 2.75) is 20.0 Å².